The van der Waals surface area contributed by atoms with Gasteiger partial charge in [-0.25, -0.2) is 17.9 Å². The first kappa shape index (κ1) is 32.3. The van der Waals surface area contributed by atoms with Crippen molar-refractivity contribution in [1.29, 1.82) is 5.26 Å². The molecule has 12 nitrogen and oxygen atoms in total. The second-order valence-corrected chi connectivity index (χ2v) is 11.2. The molecule has 1 saturated heterocycles. The summed E-state index contributed by atoms with van der Waals surface area (Å²) >= 11 is 6.25. The number of aromatic nitrogens is 3. The first-order valence-corrected chi connectivity index (χ1v) is 14.2. The molecule has 16 heteroatoms. The third kappa shape index (κ3) is 6.37. The molecule has 2 heterocycles. The number of hydrogen-bond acceptors (Lipinski definition) is 10. The molecule has 1 aromatic heterocycles. The lowest BCUT2D eigenvalue weighted by atomic mass is 9.91. The van der Waals surface area contributed by atoms with Crippen LogP contribution in [0.25, 0.3) is 11.3 Å². The molecule has 2 aliphatic rings. The van der Waals surface area contributed by atoms with Gasteiger partial charge in [-0.05, 0) is 49.6 Å². The second kappa shape index (κ2) is 13.1. The van der Waals surface area contributed by atoms with Crippen molar-refractivity contribution in [3.05, 3.63) is 64.6 Å². The molecule has 1 amide bonds. The normalized spacial score (nSPS) is 26.3. The minimum absolute atomic E-state index is 0.120. The maximum absolute atomic E-state index is 14.5. The van der Waals surface area contributed by atoms with Crippen LogP contribution in [-0.2, 0) is 19.1 Å². The fourth-order valence-corrected chi connectivity index (χ4v) is 6.03. The number of anilines is 1. The van der Waals surface area contributed by atoms with Gasteiger partial charge in [-0.15, -0.1) is 5.10 Å². The van der Waals surface area contributed by atoms with Crippen LogP contribution in [0.2, 0.25) is 5.02 Å². The number of carbonyl (C=O) groups is 2. The Morgan fingerprint density at radius 3 is 2.49 bits per heavy atom. The number of rotatable bonds is 7. The van der Waals surface area contributed by atoms with Crippen LogP contribution in [0, 0.1) is 28.8 Å². The van der Waals surface area contributed by atoms with Crippen LogP contribution in [0.5, 0.6) is 0 Å². The molecule has 1 aliphatic carbocycles. The number of ether oxygens (including phenoxy) is 2. The van der Waals surface area contributed by atoms with Gasteiger partial charge in [0.1, 0.15) is 23.9 Å². The van der Waals surface area contributed by atoms with Crippen molar-refractivity contribution < 1.29 is 47.6 Å². The molecule has 2 aromatic carbocycles. The first-order valence-electron chi connectivity index (χ1n) is 13.8. The molecule has 0 radical (unpaired) electrons. The Kier molecular flexibility index (Phi) is 9.42. The zero-order valence-electron chi connectivity index (χ0n) is 23.6. The van der Waals surface area contributed by atoms with Gasteiger partial charge in [0, 0.05) is 23.2 Å². The number of benzene rings is 2. The van der Waals surface area contributed by atoms with Crippen LogP contribution in [0.3, 0.4) is 0 Å². The predicted octanol–water partition coefficient (Wildman–Crippen LogP) is 2.43. The third-order valence-electron chi connectivity index (χ3n) is 7.81. The standard InChI is InChI=1S/C29H27ClF3N5O7/c1-13(40)44-27-25(37-11-20(35-36-37)15-7-18(31)24(33)19(32)8-15)26(42)23(12-39)45-28(27)29(43)38(21-3-2-4-22(21)41)17-6-14(10-34)5-16(30)9-17/h5-9,11,21-23,25-28,39,41-42H,2-4,12H2,1H3/t21-,22-,23?,25?,26?,27?,28?/m0/s1. The van der Waals surface area contributed by atoms with E-state index in [2.05, 4.69) is 10.3 Å². The van der Waals surface area contributed by atoms with Crippen LogP contribution in [0.4, 0.5) is 18.9 Å². The Morgan fingerprint density at radius 1 is 1.18 bits per heavy atom. The van der Waals surface area contributed by atoms with Crippen molar-refractivity contribution in [3.63, 3.8) is 0 Å². The monoisotopic (exact) mass is 649 g/mol. The molecule has 7 atom stereocenters. The van der Waals surface area contributed by atoms with Gasteiger partial charge in [-0.3, -0.25) is 9.59 Å². The highest BCUT2D eigenvalue weighted by Crippen LogP contribution is 2.38. The lowest BCUT2D eigenvalue weighted by molar-refractivity contribution is -0.216. The largest absolute Gasteiger partial charge is 0.457 e. The van der Waals surface area contributed by atoms with E-state index in [1.807, 2.05) is 6.07 Å². The summed E-state index contributed by atoms with van der Waals surface area (Å²) in [6.45, 7) is 0.251. The second-order valence-electron chi connectivity index (χ2n) is 10.8. The Balaban J connectivity index is 1.60. The van der Waals surface area contributed by atoms with Crippen LogP contribution < -0.4 is 4.90 Å². The zero-order chi connectivity index (χ0) is 32.6. The number of carbonyl (C=O) groups excluding carboxylic acids is 2. The molecule has 1 saturated carbocycles. The summed E-state index contributed by atoms with van der Waals surface area (Å²) in [4.78, 5) is 28.0. The van der Waals surface area contributed by atoms with Crippen LogP contribution >= 0.6 is 11.6 Å². The zero-order valence-corrected chi connectivity index (χ0v) is 24.3. The van der Waals surface area contributed by atoms with E-state index >= 15 is 0 Å². The number of hydrogen-bond donors (Lipinski definition) is 3. The first-order chi connectivity index (χ1) is 21.4. The molecule has 0 bridgehead atoms. The van der Waals surface area contributed by atoms with Crippen molar-refractivity contribution in [2.75, 3.05) is 11.5 Å². The number of amides is 1. The quantitative estimate of drug-likeness (QED) is 0.255. The Bertz CT molecular complexity index is 1630. The molecule has 3 N–H and O–H groups in total. The topological polar surface area (TPSA) is 171 Å². The van der Waals surface area contributed by atoms with E-state index in [1.54, 1.807) is 0 Å². The highest BCUT2D eigenvalue weighted by Gasteiger charge is 2.53. The minimum atomic E-state index is -1.72. The van der Waals surface area contributed by atoms with E-state index < -0.39 is 78.5 Å². The molecular weight excluding hydrogens is 623 g/mol. The number of halogens is 4. The Morgan fingerprint density at radius 2 is 1.89 bits per heavy atom. The summed E-state index contributed by atoms with van der Waals surface area (Å²) in [5, 5.41) is 49.6. The van der Waals surface area contributed by atoms with Crippen molar-refractivity contribution in [2.45, 2.75) is 68.8 Å². The van der Waals surface area contributed by atoms with Gasteiger partial charge in [0.2, 0.25) is 0 Å². The molecule has 5 rings (SSSR count). The number of aliphatic hydroxyl groups excluding tert-OH is 3. The van der Waals surface area contributed by atoms with E-state index in [0.717, 1.165) is 17.8 Å². The average Bonchev–Trinajstić information content (AvgIpc) is 3.65. The fourth-order valence-electron chi connectivity index (χ4n) is 5.80. The van der Waals surface area contributed by atoms with Crippen LogP contribution in [-0.4, -0.2) is 85.4 Å². The van der Waals surface area contributed by atoms with Gasteiger partial charge in [-0.2, -0.15) is 5.26 Å². The summed E-state index contributed by atoms with van der Waals surface area (Å²) in [5.74, 6) is -6.39. The average molecular weight is 650 g/mol. The van der Waals surface area contributed by atoms with Crippen molar-refractivity contribution in [3.8, 4) is 17.3 Å². The van der Waals surface area contributed by atoms with Crippen molar-refractivity contribution >= 4 is 29.2 Å². The maximum atomic E-state index is 14.5. The van der Waals surface area contributed by atoms with E-state index in [1.165, 1.54) is 23.1 Å². The molecule has 238 valence electrons. The molecule has 45 heavy (non-hydrogen) atoms. The number of esters is 1. The highest BCUT2D eigenvalue weighted by atomic mass is 35.5. The third-order valence-corrected chi connectivity index (χ3v) is 8.03. The summed E-state index contributed by atoms with van der Waals surface area (Å²) in [7, 11) is 0. The van der Waals surface area contributed by atoms with Gasteiger partial charge < -0.3 is 29.7 Å². The molecule has 5 unspecified atom stereocenters. The molecule has 3 aromatic rings. The molecule has 2 fully saturated rings. The summed E-state index contributed by atoms with van der Waals surface area (Å²) in [6, 6.07) is 5.26. The van der Waals surface area contributed by atoms with E-state index in [0.29, 0.717) is 31.4 Å². The van der Waals surface area contributed by atoms with Gasteiger partial charge in [0.15, 0.2) is 29.7 Å². The molecule has 0 spiro atoms. The number of nitrogens with zero attached hydrogens (tertiary/aromatic N) is 5. The van der Waals surface area contributed by atoms with Gasteiger partial charge in [0.05, 0.1) is 36.6 Å². The van der Waals surface area contributed by atoms with Gasteiger partial charge in [-0.1, -0.05) is 16.8 Å². The maximum Gasteiger partial charge on any atom is 0.303 e. The SMILES string of the molecule is CC(=O)OC1C(C(=O)N(c2cc(Cl)cc(C#N)c2)[C@H]2CCC[C@@H]2O)OC(CO)C(O)C1n1cc(-c2cc(F)c(F)c(F)c2)nn1. The Hall–Kier alpha value is -4.07. The van der Waals surface area contributed by atoms with Gasteiger partial charge in [0.25, 0.3) is 5.91 Å². The fraction of sp³-hybridized carbons (Fsp3) is 0.414. The smallest absolute Gasteiger partial charge is 0.303 e. The van der Waals surface area contributed by atoms with Crippen LogP contribution in [0.1, 0.15) is 37.8 Å². The molecular formula is C29H27ClF3N5O7. The predicted molar refractivity (Wildman–Crippen MR) is 149 cm³/mol. The summed E-state index contributed by atoms with van der Waals surface area (Å²) < 4.78 is 53.8. The number of aliphatic hydroxyl groups is 3. The molecule has 1 aliphatic heterocycles. The van der Waals surface area contributed by atoms with Crippen molar-refractivity contribution in [2.24, 2.45) is 0 Å². The summed E-state index contributed by atoms with van der Waals surface area (Å²) in [6.07, 6.45) is -5.00. The number of nitriles is 1. The minimum Gasteiger partial charge on any atom is -0.457 e. The summed E-state index contributed by atoms with van der Waals surface area (Å²) in [5.41, 5.74) is -0.0959. The lowest BCUT2D eigenvalue weighted by Crippen LogP contribution is -2.63. The van der Waals surface area contributed by atoms with E-state index in [4.69, 9.17) is 21.1 Å². The van der Waals surface area contributed by atoms with E-state index in [-0.39, 0.29) is 27.5 Å². The highest BCUT2D eigenvalue weighted by molar-refractivity contribution is 6.31. The van der Waals surface area contributed by atoms with Crippen LogP contribution in [0.15, 0.2) is 36.5 Å². The van der Waals surface area contributed by atoms with E-state index in [9.17, 15) is 43.3 Å². The van der Waals surface area contributed by atoms with Gasteiger partial charge >= 0.3 is 5.97 Å². The van der Waals surface area contributed by atoms with Crippen molar-refractivity contribution in [1.82, 2.24) is 15.0 Å². The lowest BCUT2D eigenvalue weighted by Gasteiger charge is -2.45. The Labute approximate surface area is 259 Å².